The van der Waals surface area contributed by atoms with Crippen LogP contribution in [0.25, 0.3) is 0 Å². The molecule has 0 saturated heterocycles. The van der Waals surface area contributed by atoms with Gasteiger partial charge >= 0.3 is 0 Å². The molecule has 0 radical (unpaired) electrons. The first-order chi connectivity index (χ1) is 3.79. The fourth-order valence-electron chi connectivity index (χ4n) is 0.807. The highest BCUT2D eigenvalue weighted by atomic mass is 35.5. The highest BCUT2D eigenvalue weighted by molar-refractivity contribution is 5.85. The van der Waals surface area contributed by atoms with Crippen LogP contribution in [-0.4, -0.2) is 0 Å². The van der Waals surface area contributed by atoms with Gasteiger partial charge in [0.2, 0.25) is 0 Å². The van der Waals surface area contributed by atoms with E-state index in [9.17, 15) is 0 Å². The Balaban J connectivity index is -0.000000213. The summed E-state index contributed by atoms with van der Waals surface area (Å²) in [6, 6.07) is 8.45. The summed E-state index contributed by atoms with van der Waals surface area (Å²) < 4.78 is 0. The Bertz CT molecular complexity index is 172. The third-order valence-corrected chi connectivity index (χ3v) is 1.17. The molecule has 0 aliphatic carbocycles. The summed E-state index contributed by atoms with van der Waals surface area (Å²) in [5, 5.41) is 0. The van der Waals surface area contributed by atoms with E-state index in [0.29, 0.717) is 0 Å². The number of aryl methyl sites for hydroxylation is 2. The molecule has 66 valence electrons. The van der Waals surface area contributed by atoms with Crippen LogP contribution >= 0.6 is 24.8 Å². The Morgan fingerprint density at radius 1 is 0.909 bits per heavy atom. The maximum absolute atomic E-state index is 2.17. The first kappa shape index (κ1) is 17.0. The van der Waals surface area contributed by atoms with Gasteiger partial charge in [-0.25, -0.2) is 0 Å². The van der Waals surface area contributed by atoms with Gasteiger partial charge in [0.15, 0.2) is 0 Å². The van der Waals surface area contributed by atoms with Crippen LogP contribution in [0.5, 0.6) is 0 Å². The predicted octanol–water partition coefficient (Wildman–Crippen LogP) is 3.31. The van der Waals surface area contributed by atoms with Crippen molar-refractivity contribution in [2.75, 3.05) is 0 Å². The van der Waals surface area contributed by atoms with E-state index in [4.69, 9.17) is 0 Å². The van der Waals surface area contributed by atoms with Gasteiger partial charge in [0.05, 0.1) is 0 Å². The van der Waals surface area contributed by atoms with Gasteiger partial charge in [0.1, 0.15) is 0 Å². The van der Waals surface area contributed by atoms with Crippen molar-refractivity contribution >= 4 is 24.8 Å². The highest BCUT2D eigenvalue weighted by Gasteiger charge is 1.80. The van der Waals surface area contributed by atoms with E-state index < -0.39 is 0 Å². The van der Waals surface area contributed by atoms with Crippen molar-refractivity contribution in [3.63, 3.8) is 0 Å². The molecule has 0 heterocycles. The number of hydrogen-bond donors (Lipinski definition) is 1. The second-order valence-electron chi connectivity index (χ2n) is 2.16. The second-order valence-corrected chi connectivity index (χ2v) is 2.16. The molecule has 1 aromatic carbocycles. The standard InChI is InChI=1S/C8H10.2ClH.H3N/c1-7-4-3-5-8(2)6-7;;;/h3-6H,1-2H3;2*1H;1H3. The lowest BCUT2D eigenvalue weighted by Gasteiger charge is -1.90. The van der Waals surface area contributed by atoms with Crippen molar-refractivity contribution in [1.82, 2.24) is 6.15 Å². The third kappa shape index (κ3) is 6.17. The van der Waals surface area contributed by atoms with E-state index in [0.717, 1.165) is 0 Å². The number of benzene rings is 1. The lowest BCUT2D eigenvalue weighted by molar-refractivity contribution is 1.39. The van der Waals surface area contributed by atoms with Crippen LogP contribution in [0.1, 0.15) is 11.1 Å². The molecule has 0 saturated carbocycles. The van der Waals surface area contributed by atoms with Crippen molar-refractivity contribution < 1.29 is 0 Å². The van der Waals surface area contributed by atoms with E-state index in [2.05, 4.69) is 38.1 Å². The Hall–Kier alpha value is -0.240. The molecule has 0 bridgehead atoms. The molecule has 3 N–H and O–H groups in total. The molecule has 0 aliphatic rings. The molecule has 0 unspecified atom stereocenters. The molecule has 1 nitrogen and oxygen atoms in total. The summed E-state index contributed by atoms with van der Waals surface area (Å²) in [5.41, 5.74) is 2.68. The fourth-order valence-corrected chi connectivity index (χ4v) is 0.807. The molecule has 0 spiro atoms. The minimum atomic E-state index is 0. The number of halogens is 2. The maximum atomic E-state index is 2.17. The molecule has 11 heavy (non-hydrogen) atoms. The van der Waals surface area contributed by atoms with Gasteiger partial charge in [-0.05, 0) is 13.8 Å². The summed E-state index contributed by atoms with van der Waals surface area (Å²) in [6.45, 7) is 4.21. The zero-order valence-electron chi connectivity index (χ0n) is 6.83. The minimum Gasteiger partial charge on any atom is -0.344 e. The van der Waals surface area contributed by atoms with Gasteiger partial charge in [0, 0.05) is 0 Å². The van der Waals surface area contributed by atoms with Gasteiger partial charge in [-0.15, -0.1) is 24.8 Å². The van der Waals surface area contributed by atoms with Crippen LogP contribution in [0.3, 0.4) is 0 Å². The van der Waals surface area contributed by atoms with Crippen LogP contribution in [0.2, 0.25) is 0 Å². The smallest absolute Gasteiger partial charge is 0.0398 e. The molecule has 0 amide bonds. The van der Waals surface area contributed by atoms with E-state index in [-0.39, 0.29) is 31.0 Å². The van der Waals surface area contributed by atoms with Crippen molar-refractivity contribution in [3.8, 4) is 0 Å². The zero-order valence-corrected chi connectivity index (χ0v) is 8.47. The maximum Gasteiger partial charge on any atom is -0.0398 e. The van der Waals surface area contributed by atoms with Crippen molar-refractivity contribution in [1.29, 1.82) is 0 Å². The fraction of sp³-hybridized carbons (Fsp3) is 0.250. The molecule has 0 aliphatic heterocycles. The van der Waals surface area contributed by atoms with Crippen molar-refractivity contribution in [2.24, 2.45) is 0 Å². The monoisotopic (exact) mass is 195 g/mol. The van der Waals surface area contributed by atoms with E-state index in [1.165, 1.54) is 11.1 Å². The van der Waals surface area contributed by atoms with Crippen molar-refractivity contribution in [3.05, 3.63) is 35.4 Å². The Labute approximate surface area is 80.6 Å². The van der Waals surface area contributed by atoms with Gasteiger partial charge in [-0.2, -0.15) is 0 Å². The van der Waals surface area contributed by atoms with Crippen molar-refractivity contribution in [2.45, 2.75) is 13.8 Å². The Morgan fingerprint density at radius 3 is 1.45 bits per heavy atom. The molecule has 0 fully saturated rings. The average molecular weight is 196 g/mol. The van der Waals surface area contributed by atoms with E-state index in [1.54, 1.807) is 0 Å². The quantitative estimate of drug-likeness (QED) is 0.678. The molecule has 3 heteroatoms. The summed E-state index contributed by atoms with van der Waals surface area (Å²) in [5.74, 6) is 0. The lowest BCUT2D eigenvalue weighted by Crippen LogP contribution is -1.71. The minimum absolute atomic E-state index is 0. The second kappa shape index (κ2) is 7.86. The Kier molecular flexibility index (Phi) is 12.2. The zero-order chi connectivity index (χ0) is 5.98. The van der Waals surface area contributed by atoms with Crippen LogP contribution in [0, 0.1) is 13.8 Å². The number of rotatable bonds is 0. The average Bonchev–Trinajstić information content (AvgIpc) is 1.64. The summed E-state index contributed by atoms with van der Waals surface area (Å²) in [6.07, 6.45) is 0. The van der Waals surface area contributed by atoms with E-state index >= 15 is 0 Å². The topological polar surface area (TPSA) is 35.0 Å². The summed E-state index contributed by atoms with van der Waals surface area (Å²) >= 11 is 0. The largest absolute Gasteiger partial charge is 0.344 e. The number of hydrogen-bond acceptors (Lipinski definition) is 1. The first-order valence-corrected chi connectivity index (χ1v) is 2.82. The first-order valence-electron chi connectivity index (χ1n) is 2.82. The summed E-state index contributed by atoms with van der Waals surface area (Å²) in [7, 11) is 0. The summed E-state index contributed by atoms with van der Waals surface area (Å²) in [4.78, 5) is 0. The van der Waals surface area contributed by atoms with Gasteiger partial charge in [0.25, 0.3) is 0 Å². The van der Waals surface area contributed by atoms with Gasteiger partial charge in [-0.3, -0.25) is 0 Å². The lowest BCUT2D eigenvalue weighted by atomic mass is 10.2. The van der Waals surface area contributed by atoms with Crippen LogP contribution in [0.15, 0.2) is 24.3 Å². The third-order valence-electron chi connectivity index (χ3n) is 1.17. The van der Waals surface area contributed by atoms with Gasteiger partial charge < -0.3 is 6.15 Å². The van der Waals surface area contributed by atoms with Crippen LogP contribution < -0.4 is 6.15 Å². The highest BCUT2D eigenvalue weighted by Crippen LogP contribution is 2.00. The molecule has 1 aromatic rings. The molecule has 0 atom stereocenters. The Morgan fingerprint density at radius 2 is 1.27 bits per heavy atom. The molecule has 0 aromatic heterocycles. The molecule has 1 rings (SSSR count). The van der Waals surface area contributed by atoms with Crippen LogP contribution in [-0.2, 0) is 0 Å². The van der Waals surface area contributed by atoms with Crippen LogP contribution in [0.4, 0.5) is 0 Å². The molecular weight excluding hydrogens is 181 g/mol. The van der Waals surface area contributed by atoms with Gasteiger partial charge in [-0.1, -0.05) is 35.4 Å². The predicted molar refractivity (Wildman–Crippen MR) is 55.4 cm³/mol. The SMILES string of the molecule is Cc1cccc(C)c1.Cl.Cl.N. The normalized spacial score (nSPS) is 6.73. The molecular formula is C8H15Cl2N. The van der Waals surface area contributed by atoms with E-state index in [1.807, 2.05) is 0 Å².